The predicted octanol–water partition coefficient (Wildman–Crippen LogP) is 2.84. The Bertz CT molecular complexity index is 1260. The lowest BCUT2D eigenvalue weighted by Crippen LogP contribution is -2.45. The molecule has 1 aliphatic heterocycles. The standard InChI is InChI=1S/C24H28N6O2S/c1-2-3-10-27-22(31)20-12-19-21(33-20)23(32)30(14-17-8-5-4-7-16(17)13-25)24(28-19)29-11-6-9-18(26)15-29/h4-5,7-8,12,18H,2-3,6,9-11,14-15,26H2,1H3,(H,27,31)/t18-/m1/s1. The number of nitrogens with zero attached hydrogens (tertiary/aromatic N) is 4. The summed E-state index contributed by atoms with van der Waals surface area (Å²) in [7, 11) is 0. The maximum Gasteiger partial charge on any atom is 0.273 e. The fourth-order valence-electron chi connectivity index (χ4n) is 4.09. The average molecular weight is 465 g/mol. The van der Waals surface area contributed by atoms with Crippen LogP contribution in [0, 0.1) is 11.3 Å². The van der Waals surface area contributed by atoms with Crippen LogP contribution in [-0.4, -0.2) is 41.1 Å². The third kappa shape index (κ3) is 4.92. The fourth-order valence-corrected chi connectivity index (χ4v) is 5.05. The number of nitrogens with one attached hydrogen (secondary N) is 1. The van der Waals surface area contributed by atoms with Crippen molar-refractivity contribution in [2.45, 2.75) is 45.2 Å². The second kappa shape index (κ2) is 10.1. The highest BCUT2D eigenvalue weighted by Crippen LogP contribution is 2.26. The molecule has 4 rings (SSSR count). The largest absolute Gasteiger partial charge is 0.351 e. The summed E-state index contributed by atoms with van der Waals surface area (Å²) >= 11 is 1.16. The molecule has 0 aliphatic carbocycles. The average Bonchev–Trinajstić information content (AvgIpc) is 3.26. The molecule has 9 heteroatoms. The number of unbranched alkanes of at least 4 members (excludes halogenated alkanes) is 1. The first-order valence-electron chi connectivity index (χ1n) is 11.3. The van der Waals surface area contributed by atoms with Crippen LogP contribution < -0.4 is 21.5 Å². The van der Waals surface area contributed by atoms with Crippen LogP contribution in [0.5, 0.6) is 0 Å². The van der Waals surface area contributed by atoms with Crippen molar-refractivity contribution in [3.8, 4) is 6.07 Å². The summed E-state index contributed by atoms with van der Waals surface area (Å²) in [6, 6.07) is 11.2. The number of benzene rings is 1. The summed E-state index contributed by atoms with van der Waals surface area (Å²) in [5.74, 6) is 0.347. The van der Waals surface area contributed by atoms with Crippen molar-refractivity contribution in [3.05, 3.63) is 56.7 Å². The smallest absolute Gasteiger partial charge is 0.273 e. The van der Waals surface area contributed by atoms with E-state index in [1.54, 1.807) is 22.8 Å². The summed E-state index contributed by atoms with van der Waals surface area (Å²) in [4.78, 5) is 33.6. The van der Waals surface area contributed by atoms with Crippen molar-refractivity contribution in [2.75, 3.05) is 24.5 Å². The third-order valence-corrected chi connectivity index (χ3v) is 6.97. The highest BCUT2D eigenvalue weighted by Gasteiger charge is 2.24. The van der Waals surface area contributed by atoms with Crippen molar-refractivity contribution in [1.82, 2.24) is 14.9 Å². The number of piperidine rings is 1. The second-order valence-corrected chi connectivity index (χ2v) is 9.41. The van der Waals surface area contributed by atoms with Crippen LogP contribution >= 0.6 is 11.3 Å². The van der Waals surface area contributed by atoms with E-state index in [0.29, 0.717) is 39.7 Å². The molecular formula is C24H28N6O2S. The van der Waals surface area contributed by atoms with Gasteiger partial charge in [-0.3, -0.25) is 14.2 Å². The van der Waals surface area contributed by atoms with E-state index in [2.05, 4.69) is 18.3 Å². The number of thiophene rings is 1. The summed E-state index contributed by atoms with van der Waals surface area (Å²) in [5, 5.41) is 12.4. The molecule has 1 atom stereocenters. The summed E-state index contributed by atoms with van der Waals surface area (Å²) < 4.78 is 2.06. The number of aromatic nitrogens is 2. The van der Waals surface area contributed by atoms with E-state index in [-0.39, 0.29) is 24.1 Å². The van der Waals surface area contributed by atoms with Gasteiger partial charge in [0.15, 0.2) is 0 Å². The molecule has 0 radical (unpaired) electrons. The molecule has 0 saturated carbocycles. The van der Waals surface area contributed by atoms with Crippen molar-refractivity contribution < 1.29 is 4.79 Å². The van der Waals surface area contributed by atoms with Crippen LogP contribution in [0.2, 0.25) is 0 Å². The molecule has 0 unspecified atom stereocenters. The lowest BCUT2D eigenvalue weighted by molar-refractivity contribution is 0.0957. The Morgan fingerprint density at radius 1 is 1.39 bits per heavy atom. The van der Waals surface area contributed by atoms with Gasteiger partial charge in [0.05, 0.1) is 28.6 Å². The van der Waals surface area contributed by atoms with Crippen molar-refractivity contribution in [1.29, 1.82) is 5.26 Å². The molecule has 0 spiro atoms. The minimum atomic E-state index is -0.209. The number of nitriles is 1. The zero-order chi connectivity index (χ0) is 23.4. The molecule has 1 fully saturated rings. The van der Waals surface area contributed by atoms with Gasteiger partial charge in [-0.15, -0.1) is 11.3 Å². The quantitative estimate of drug-likeness (QED) is 0.519. The molecule has 33 heavy (non-hydrogen) atoms. The van der Waals surface area contributed by atoms with Gasteiger partial charge in [0, 0.05) is 25.7 Å². The number of fused-ring (bicyclic) bond motifs is 1. The minimum absolute atomic E-state index is 0.00794. The zero-order valence-corrected chi connectivity index (χ0v) is 19.5. The van der Waals surface area contributed by atoms with Gasteiger partial charge in [-0.2, -0.15) is 5.26 Å². The molecule has 2 aromatic heterocycles. The number of nitrogens with two attached hydrogens (primary N) is 1. The van der Waals surface area contributed by atoms with Gasteiger partial charge in [0.2, 0.25) is 5.95 Å². The Labute approximate surface area is 196 Å². The number of rotatable bonds is 7. The van der Waals surface area contributed by atoms with Gasteiger partial charge in [-0.25, -0.2) is 4.98 Å². The summed E-state index contributed by atoms with van der Waals surface area (Å²) in [6.45, 7) is 4.24. The lowest BCUT2D eigenvalue weighted by atomic mass is 10.1. The normalized spacial score (nSPS) is 16.0. The van der Waals surface area contributed by atoms with E-state index in [0.717, 1.165) is 49.1 Å². The molecule has 1 aliphatic rings. The van der Waals surface area contributed by atoms with Gasteiger partial charge >= 0.3 is 0 Å². The maximum atomic E-state index is 13.6. The van der Waals surface area contributed by atoms with Crippen LogP contribution in [0.4, 0.5) is 5.95 Å². The van der Waals surface area contributed by atoms with Crippen LogP contribution in [0.3, 0.4) is 0 Å². The predicted molar refractivity (Wildman–Crippen MR) is 131 cm³/mol. The second-order valence-electron chi connectivity index (χ2n) is 8.35. The number of anilines is 1. The Hall–Kier alpha value is -3.22. The number of hydrogen-bond acceptors (Lipinski definition) is 7. The molecule has 1 aromatic carbocycles. The molecule has 3 N–H and O–H groups in total. The van der Waals surface area contributed by atoms with Crippen molar-refractivity contribution >= 4 is 33.4 Å². The Morgan fingerprint density at radius 3 is 2.97 bits per heavy atom. The van der Waals surface area contributed by atoms with E-state index in [1.807, 2.05) is 17.0 Å². The van der Waals surface area contributed by atoms with E-state index >= 15 is 0 Å². The molecule has 172 valence electrons. The van der Waals surface area contributed by atoms with Gasteiger partial charge in [-0.05, 0) is 37.0 Å². The van der Waals surface area contributed by atoms with E-state index < -0.39 is 0 Å². The Morgan fingerprint density at radius 2 is 2.21 bits per heavy atom. The topological polar surface area (TPSA) is 117 Å². The van der Waals surface area contributed by atoms with Crippen molar-refractivity contribution in [3.63, 3.8) is 0 Å². The number of hydrogen-bond donors (Lipinski definition) is 2. The molecule has 0 bridgehead atoms. The van der Waals surface area contributed by atoms with Gasteiger partial charge in [0.25, 0.3) is 11.5 Å². The molecular weight excluding hydrogens is 436 g/mol. The lowest BCUT2D eigenvalue weighted by Gasteiger charge is -2.33. The SMILES string of the molecule is CCCCNC(=O)c1cc2nc(N3CCC[C@@H](N)C3)n(Cc3ccccc3C#N)c(=O)c2s1. The molecule has 3 aromatic rings. The van der Waals surface area contributed by atoms with Crippen LogP contribution in [0.25, 0.3) is 10.2 Å². The first kappa shape index (κ1) is 23.0. The fraction of sp³-hybridized carbons (Fsp3) is 0.417. The van der Waals surface area contributed by atoms with E-state index in [4.69, 9.17) is 10.7 Å². The Kier molecular flexibility index (Phi) is 7.06. The Balaban J connectivity index is 1.80. The maximum absolute atomic E-state index is 13.6. The molecule has 8 nitrogen and oxygen atoms in total. The first-order valence-corrected chi connectivity index (χ1v) is 12.1. The monoisotopic (exact) mass is 464 g/mol. The highest BCUT2D eigenvalue weighted by molar-refractivity contribution is 7.20. The molecule has 3 heterocycles. The van der Waals surface area contributed by atoms with Crippen LogP contribution in [0.15, 0.2) is 35.1 Å². The van der Waals surface area contributed by atoms with E-state index in [1.165, 1.54) is 0 Å². The van der Waals surface area contributed by atoms with Crippen LogP contribution in [-0.2, 0) is 6.54 Å². The molecule has 1 saturated heterocycles. The van der Waals surface area contributed by atoms with E-state index in [9.17, 15) is 14.9 Å². The number of amides is 1. The zero-order valence-electron chi connectivity index (χ0n) is 18.7. The molecule has 1 amide bonds. The number of carbonyl (C=O) groups is 1. The summed E-state index contributed by atoms with van der Waals surface area (Å²) in [6.07, 6.45) is 3.74. The third-order valence-electron chi connectivity index (χ3n) is 5.86. The van der Waals surface area contributed by atoms with Gasteiger partial charge in [0.1, 0.15) is 4.70 Å². The number of carbonyl (C=O) groups excluding carboxylic acids is 1. The summed E-state index contributed by atoms with van der Waals surface area (Å²) in [5.41, 5.74) is 7.79. The first-order chi connectivity index (χ1) is 16.0. The van der Waals surface area contributed by atoms with Gasteiger partial charge in [-0.1, -0.05) is 31.5 Å². The highest BCUT2D eigenvalue weighted by atomic mass is 32.1. The van der Waals surface area contributed by atoms with Gasteiger partial charge < -0.3 is 16.0 Å². The minimum Gasteiger partial charge on any atom is -0.351 e. The van der Waals surface area contributed by atoms with Crippen molar-refractivity contribution in [2.24, 2.45) is 5.73 Å². The van der Waals surface area contributed by atoms with Crippen LogP contribution in [0.1, 0.15) is 53.4 Å².